The molecule has 2 saturated heterocycles. The molecule has 0 aliphatic carbocycles. The number of fused-ring (bicyclic) bond motifs is 1. The van der Waals surface area contributed by atoms with Crippen molar-refractivity contribution in [1.29, 1.82) is 0 Å². The summed E-state index contributed by atoms with van der Waals surface area (Å²) in [4.78, 5) is 35.1. The summed E-state index contributed by atoms with van der Waals surface area (Å²) in [6.45, 7) is 6.54. The minimum absolute atomic E-state index is 0.0464. The second kappa shape index (κ2) is 9.36. The molecule has 3 heterocycles. The van der Waals surface area contributed by atoms with Gasteiger partial charge in [0.2, 0.25) is 0 Å². The van der Waals surface area contributed by atoms with Gasteiger partial charge < -0.3 is 19.4 Å². The van der Waals surface area contributed by atoms with Crippen molar-refractivity contribution in [3.8, 4) is 0 Å². The number of carbonyl (C=O) groups excluding carboxylic acids is 1. The molecule has 9 nitrogen and oxygen atoms in total. The predicted molar refractivity (Wildman–Crippen MR) is 134 cm³/mol. The van der Waals surface area contributed by atoms with Crippen LogP contribution in [0.3, 0.4) is 0 Å². The summed E-state index contributed by atoms with van der Waals surface area (Å²) < 4.78 is 6.43. The number of halogens is 1. The van der Waals surface area contributed by atoms with Crippen molar-refractivity contribution in [3.63, 3.8) is 0 Å². The zero-order valence-electron chi connectivity index (χ0n) is 18.7. The number of benzene rings is 2. The highest BCUT2D eigenvalue weighted by molar-refractivity contribution is 7.22. The second-order valence-corrected chi connectivity index (χ2v) is 9.77. The van der Waals surface area contributed by atoms with Crippen LogP contribution in [-0.4, -0.2) is 73.2 Å². The number of piperazine rings is 1. The molecule has 2 aromatic carbocycles. The van der Waals surface area contributed by atoms with Crippen molar-refractivity contribution >= 4 is 55.6 Å². The lowest BCUT2D eigenvalue weighted by Gasteiger charge is -2.34. The number of nitro benzene ring substituents is 1. The van der Waals surface area contributed by atoms with Crippen molar-refractivity contribution in [1.82, 2.24) is 9.88 Å². The first-order valence-electron chi connectivity index (χ1n) is 11.1. The van der Waals surface area contributed by atoms with Crippen LogP contribution in [-0.2, 0) is 4.74 Å². The van der Waals surface area contributed by atoms with E-state index >= 15 is 0 Å². The van der Waals surface area contributed by atoms with Gasteiger partial charge in [0.25, 0.3) is 11.6 Å². The van der Waals surface area contributed by atoms with Crippen LogP contribution in [0.5, 0.6) is 0 Å². The van der Waals surface area contributed by atoms with Gasteiger partial charge in [-0.25, -0.2) is 4.98 Å². The standard InChI is InChI=1S/C23H24ClN5O4S/c1-15-17(24)3-5-20-21(15)25-23(34-20)28-8-6-27(7-9-28)22(30)16-2-4-18(19(14-16)29(31)32)26-10-12-33-13-11-26/h2-5,14H,6-13H2,1H3. The van der Waals surface area contributed by atoms with Crippen molar-refractivity contribution in [3.05, 3.63) is 56.6 Å². The minimum atomic E-state index is -0.416. The van der Waals surface area contributed by atoms with Gasteiger partial charge in [-0.15, -0.1) is 0 Å². The Morgan fingerprint density at radius 3 is 2.53 bits per heavy atom. The fraction of sp³-hybridized carbons (Fsp3) is 0.391. The fourth-order valence-corrected chi connectivity index (χ4v) is 5.61. The van der Waals surface area contributed by atoms with Crippen LogP contribution in [0.25, 0.3) is 10.2 Å². The number of aryl methyl sites for hydroxylation is 1. The number of nitrogens with zero attached hydrogens (tertiary/aromatic N) is 5. The summed E-state index contributed by atoms with van der Waals surface area (Å²) in [7, 11) is 0. The highest BCUT2D eigenvalue weighted by atomic mass is 35.5. The Kier molecular flexibility index (Phi) is 6.28. The molecule has 5 rings (SSSR count). The zero-order valence-corrected chi connectivity index (χ0v) is 20.3. The van der Waals surface area contributed by atoms with E-state index in [2.05, 4.69) is 4.90 Å². The molecule has 0 radical (unpaired) electrons. The predicted octanol–water partition coefficient (Wildman–Crippen LogP) is 3.97. The number of carbonyl (C=O) groups is 1. The lowest BCUT2D eigenvalue weighted by atomic mass is 10.1. The summed E-state index contributed by atoms with van der Waals surface area (Å²) >= 11 is 7.85. The van der Waals surface area contributed by atoms with Crippen molar-refractivity contribution in [2.45, 2.75) is 6.92 Å². The van der Waals surface area contributed by atoms with Crippen LogP contribution < -0.4 is 9.80 Å². The summed E-state index contributed by atoms with van der Waals surface area (Å²) in [5.74, 6) is -0.191. The third kappa shape index (κ3) is 4.28. The monoisotopic (exact) mass is 501 g/mol. The number of thiazole rings is 1. The van der Waals surface area contributed by atoms with Crippen LogP contribution in [0.15, 0.2) is 30.3 Å². The number of morpholine rings is 1. The van der Waals surface area contributed by atoms with Gasteiger partial charge in [0, 0.05) is 55.9 Å². The summed E-state index contributed by atoms with van der Waals surface area (Å²) in [6, 6.07) is 8.65. The first kappa shape index (κ1) is 22.8. The largest absolute Gasteiger partial charge is 0.378 e. The molecule has 0 N–H and O–H groups in total. The molecule has 0 saturated carbocycles. The minimum Gasteiger partial charge on any atom is -0.378 e. The Labute approximate surface area is 205 Å². The van der Waals surface area contributed by atoms with Gasteiger partial charge in [-0.05, 0) is 36.8 Å². The third-order valence-corrected chi connectivity index (χ3v) is 7.84. The van der Waals surface area contributed by atoms with Crippen LogP contribution in [0.2, 0.25) is 5.02 Å². The van der Waals surface area contributed by atoms with E-state index in [1.807, 2.05) is 24.0 Å². The van der Waals surface area contributed by atoms with E-state index in [4.69, 9.17) is 21.3 Å². The van der Waals surface area contributed by atoms with E-state index in [-0.39, 0.29) is 11.6 Å². The Balaban J connectivity index is 1.29. The molecule has 2 fully saturated rings. The summed E-state index contributed by atoms with van der Waals surface area (Å²) in [6.07, 6.45) is 0. The van der Waals surface area contributed by atoms with Crippen LogP contribution in [0.1, 0.15) is 15.9 Å². The molecule has 0 atom stereocenters. The number of hydrogen-bond acceptors (Lipinski definition) is 8. The van der Waals surface area contributed by atoms with Gasteiger partial charge >= 0.3 is 0 Å². The fourth-order valence-electron chi connectivity index (χ4n) is 4.38. The maximum absolute atomic E-state index is 13.2. The molecule has 1 aromatic heterocycles. The molecule has 0 spiro atoms. The molecular formula is C23H24ClN5O4S. The molecule has 3 aromatic rings. The highest BCUT2D eigenvalue weighted by Crippen LogP contribution is 2.34. The van der Waals surface area contributed by atoms with E-state index in [1.165, 1.54) is 6.07 Å². The van der Waals surface area contributed by atoms with Crippen LogP contribution in [0, 0.1) is 17.0 Å². The highest BCUT2D eigenvalue weighted by Gasteiger charge is 2.28. The van der Waals surface area contributed by atoms with E-state index in [9.17, 15) is 14.9 Å². The van der Waals surface area contributed by atoms with Crippen molar-refractivity contribution in [2.75, 3.05) is 62.3 Å². The SMILES string of the molecule is Cc1c(Cl)ccc2sc(N3CCN(C(=O)c4ccc(N5CCOCC5)c([N+](=O)[O-])c4)CC3)nc12. The second-order valence-electron chi connectivity index (χ2n) is 8.35. The molecule has 2 aliphatic rings. The number of ether oxygens (including phenoxy) is 1. The average Bonchev–Trinajstić information content (AvgIpc) is 3.31. The Morgan fingerprint density at radius 1 is 1.09 bits per heavy atom. The molecule has 11 heteroatoms. The molecule has 34 heavy (non-hydrogen) atoms. The Bertz CT molecular complexity index is 1250. The topological polar surface area (TPSA) is 92.0 Å². The van der Waals surface area contributed by atoms with E-state index < -0.39 is 4.92 Å². The smallest absolute Gasteiger partial charge is 0.293 e. The lowest BCUT2D eigenvalue weighted by molar-refractivity contribution is -0.384. The molecular weight excluding hydrogens is 478 g/mol. The number of hydrogen-bond donors (Lipinski definition) is 0. The average molecular weight is 502 g/mol. The van der Waals surface area contributed by atoms with Gasteiger partial charge in [0.05, 0.1) is 28.4 Å². The summed E-state index contributed by atoms with van der Waals surface area (Å²) in [5, 5.41) is 13.4. The maximum atomic E-state index is 13.2. The van der Waals surface area contributed by atoms with Gasteiger partial charge in [0.15, 0.2) is 5.13 Å². The Morgan fingerprint density at radius 2 is 1.82 bits per heavy atom. The van der Waals surface area contributed by atoms with Gasteiger partial charge in [-0.1, -0.05) is 22.9 Å². The van der Waals surface area contributed by atoms with Crippen molar-refractivity contribution < 1.29 is 14.5 Å². The van der Waals surface area contributed by atoms with Gasteiger partial charge in [0.1, 0.15) is 5.69 Å². The molecule has 1 amide bonds. The molecule has 0 bridgehead atoms. The van der Waals surface area contributed by atoms with Crippen LogP contribution in [0.4, 0.5) is 16.5 Å². The summed E-state index contributed by atoms with van der Waals surface area (Å²) in [5.41, 5.74) is 2.70. The first-order valence-corrected chi connectivity index (χ1v) is 12.3. The number of rotatable bonds is 4. The lowest BCUT2D eigenvalue weighted by Crippen LogP contribution is -2.48. The first-order chi connectivity index (χ1) is 16.4. The normalized spacial score (nSPS) is 16.8. The molecule has 0 unspecified atom stereocenters. The van der Waals surface area contributed by atoms with Gasteiger partial charge in [-0.3, -0.25) is 14.9 Å². The van der Waals surface area contributed by atoms with E-state index in [0.29, 0.717) is 68.8 Å². The quantitative estimate of drug-likeness (QED) is 0.394. The maximum Gasteiger partial charge on any atom is 0.293 e. The van der Waals surface area contributed by atoms with Crippen molar-refractivity contribution in [2.24, 2.45) is 0 Å². The zero-order chi connectivity index (χ0) is 23.8. The van der Waals surface area contributed by atoms with E-state index in [0.717, 1.165) is 20.9 Å². The van der Waals surface area contributed by atoms with E-state index in [1.54, 1.807) is 28.4 Å². The molecule has 178 valence electrons. The number of aromatic nitrogens is 1. The number of anilines is 2. The van der Waals surface area contributed by atoms with Crippen LogP contribution >= 0.6 is 22.9 Å². The number of nitro groups is 1. The third-order valence-electron chi connectivity index (χ3n) is 6.34. The Hall–Kier alpha value is -2.95. The number of amides is 1. The molecule has 2 aliphatic heterocycles. The van der Waals surface area contributed by atoms with Gasteiger partial charge in [-0.2, -0.15) is 0 Å².